The maximum absolute atomic E-state index is 10.9. The van der Waals surface area contributed by atoms with E-state index in [1.54, 1.807) is 18.2 Å². The number of urea groups is 1. The summed E-state index contributed by atoms with van der Waals surface area (Å²) in [4.78, 5) is 25.1. The van der Waals surface area contributed by atoms with Gasteiger partial charge in [-0.15, -0.1) is 0 Å². The van der Waals surface area contributed by atoms with E-state index in [4.69, 9.17) is 5.73 Å². The summed E-state index contributed by atoms with van der Waals surface area (Å²) in [6.07, 6.45) is 1.51. The molecule has 2 aromatic rings. The Morgan fingerprint density at radius 1 is 1.35 bits per heavy atom. The number of amides is 2. The minimum atomic E-state index is -0.595. The van der Waals surface area contributed by atoms with Crippen LogP contribution in [0.25, 0.3) is 10.9 Å². The Labute approximate surface area is 114 Å². The molecule has 0 saturated heterocycles. The number of non-ortho nitro benzene ring substituents is 1. The van der Waals surface area contributed by atoms with E-state index in [1.165, 1.54) is 12.3 Å². The summed E-state index contributed by atoms with van der Waals surface area (Å²) < 4.78 is 0. The molecular formula is C12H13N5O3. The standard InChI is InChI=1S/C12H13N5O3/c13-12(18)16-7-6-14-9-3-4-10(17(19)20)11-8(9)2-1-5-15-11/h1-5,14H,6-7H2,(H3,13,16,18). The summed E-state index contributed by atoms with van der Waals surface area (Å²) in [6, 6.07) is 5.88. The Bertz CT molecular complexity index is 659. The molecule has 0 aliphatic carbocycles. The average Bonchev–Trinajstić information content (AvgIpc) is 2.43. The van der Waals surface area contributed by atoms with E-state index in [1.807, 2.05) is 0 Å². The highest BCUT2D eigenvalue weighted by atomic mass is 16.6. The number of benzene rings is 1. The van der Waals surface area contributed by atoms with Crippen LogP contribution >= 0.6 is 0 Å². The molecule has 0 saturated carbocycles. The first-order valence-electron chi connectivity index (χ1n) is 5.89. The first-order valence-corrected chi connectivity index (χ1v) is 5.89. The summed E-state index contributed by atoms with van der Waals surface area (Å²) in [7, 11) is 0. The van der Waals surface area contributed by atoms with Gasteiger partial charge in [0, 0.05) is 36.4 Å². The van der Waals surface area contributed by atoms with Gasteiger partial charge in [-0.2, -0.15) is 0 Å². The molecule has 20 heavy (non-hydrogen) atoms. The molecular weight excluding hydrogens is 262 g/mol. The van der Waals surface area contributed by atoms with Crippen molar-refractivity contribution in [1.29, 1.82) is 0 Å². The van der Waals surface area contributed by atoms with Crippen LogP contribution in [0.2, 0.25) is 0 Å². The Balaban J connectivity index is 2.24. The van der Waals surface area contributed by atoms with E-state index in [2.05, 4.69) is 15.6 Å². The van der Waals surface area contributed by atoms with Crippen LogP contribution in [-0.4, -0.2) is 29.0 Å². The molecule has 4 N–H and O–H groups in total. The molecule has 0 atom stereocenters. The Hall–Kier alpha value is -2.90. The summed E-state index contributed by atoms with van der Waals surface area (Å²) in [5, 5.41) is 17.1. The number of aromatic nitrogens is 1. The maximum Gasteiger partial charge on any atom is 0.312 e. The third-order valence-electron chi connectivity index (χ3n) is 2.68. The molecule has 1 heterocycles. The molecule has 0 bridgehead atoms. The van der Waals surface area contributed by atoms with Crippen LogP contribution in [0.15, 0.2) is 30.5 Å². The number of nitrogens with one attached hydrogen (secondary N) is 2. The number of fused-ring (bicyclic) bond motifs is 1. The van der Waals surface area contributed by atoms with Gasteiger partial charge in [0.25, 0.3) is 5.69 Å². The monoisotopic (exact) mass is 275 g/mol. The lowest BCUT2D eigenvalue weighted by atomic mass is 10.1. The summed E-state index contributed by atoms with van der Waals surface area (Å²) in [5.41, 5.74) is 5.95. The molecule has 0 radical (unpaired) electrons. The third-order valence-corrected chi connectivity index (χ3v) is 2.68. The highest BCUT2D eigenvalue weighted by molar-refractivity contribution is 5.96. The molecule has 0 aliphatic heterocycles. The second-order valence-corrected chi connectivity index (χ2v) is 4.01. The van der Waals surface area contributed by atoms with Crippen LogP contribution in [0.3, 0.4) is 0 Å². The first kappa shape index (κ1) is 13.5. The van der Waals surface area contributed by atoms with Gasteiger partial charge in [0.1, 0.15) is 5.52 Å². The normalized spacial score (nSPS) is 10.2. The van der Waals surface area contributed by atoms with Crippen molar-refractivity contribution in [2.45, 2.75) is 0 Å². The SMILES string of the molecule is NC(=O)NCCNc1ccc([N+](=O)[O-])c2ncccc12. The lowest BCUT2D eigenvalue weighted by molar-refractivity contribution is -0.383. The fourth-order valence-electron chi connectivity index (χ4n) is 1.84. The molecule has 0 fully saturated rings. The van der Waals surface area contributed by atoms with Crippen LogP contribution < -0.4 is 16.4 Å². The number of pyridine rings is 1. The second kappa shape index (κ2) is 5.83. The number of carbonyl (C=O) groups is 1. The van der Waals surface area contributed by atoms with Crippen LogP contribution in [0.4, 0.5) is 16.2 Å². The van der Waals surface area contributed by atoms with Crippen LogP contribution in [0.5, 0.6) is 0 Å². The van der Waals surface area contributed by atoms with Gasteiger partial charge in [0.05, 0.1) is 4.92 Å². The number of hydrogen-bond acceptors (Lipinski definition) is 5. The topological polar surface area (TPSA) is 123 Å². The van der Waals surface area contributed by atoms with E-state index in [-0.39, 0.29) is 5.69 Å². The molecule has 2 amide bonds. The van der Waals surface area contributed by atoms with Crippen molar-refractivity contribution < 1.29 is 9.72 Å². The molecule has 8 nitrogen and oxygen atoms in total. The van der Waals surface area contributed by atoms with Gasteiger partial charge in [0.15, 0.2) is 0 Å². The fourth-order valence-corrected chi connectivity index (χ4v) is 1.84. The number of anilines is 1. The van der Waals surface area contributed by atoms with Gasteiger partial charge in [-0.25, -0.2) is 9.78 Å². The predicted octanol–water partition coefficient (Wildman–Crippen LogP) is 1.22. The van der Waals surface area contributed by atoms with Crippen molar-refractivity contribution in [2.75, 3.05) is 18.4 Å². The number of nitro groups is 1. The average molecular weight is 275 g/mol. The van der Waals surface area contributed by atoms with Crippen molar-refractivity contribution in [2.24, 2.45) is 5.73 Å². The van der Waals surface area contributed by atoms with Gasteiger partial charge >= 0.3 is 6.03 Å². The largest absolute Gasteiger partial charge is 0.383 e. The van der Waals surface area contributed by atoms with Gasteiger partial charge in [-0.05, 0) is 18.2 Å². The van der Waals surface area contributed by atoms with Crippen molar-refractivity contribution in [3.63, 3.8) is 0 Å². The van der Waals surface area contributed by atoms with Gasteiger partial charge in [-0.1, -0.05) is 0 Å². The minimum Gasteiger partial charge on any atom is -0.383 e. The first-order chi connectivity index (χ1) is 9.59. The van der Waals surface area contributed by atoms with E-state index in [0.717, 1.165) is 0 Å². The summed E-state index contributed by atoms with van der Waals surface area (Å²) >= 11 is 0. The maximum atomic E-state index is 10.9. The zero-order valence-corrected chi connectivity index (χ0v) is 10.5. The molecule has 0 spiro atoms. The third kappa shape index (κ3) is 2.91. The predicted molar refractivity (Wildman–Crippen MR) is 74.5 cm³/mol. The lowest BCUT2D eigenvalue weighted by Crippen LogP contribution is -2.33. The molecule has 0 unspecified atom stereocenters. The van der Waals surface area contributed by atoms with Crippen LogP contribution in [-0.2, 0) is 0 Å². The number of carbonyl (C=O) groups excluding carboxylic acids is 1. The van der Waals surface area contributed by atoms with Crippen LogP contribution in [0.1, 0.15) is 0 Å². The van der Waals surface area contributed by atoms with E-state index in [0.29, 0.717) is 29.7 Å². The smallest absolute Gasteiger partial charge is 0.312 e. The van der Waals surface area contributed by atoms with Crippen molar-refractivity contribution in [3.05, 3.63) is 40.6 Å². The number of hydrogen-bond donors (Lipinski definition) is 3. The quantitative estimate of drug-likeness (QED) is 0.430. The molecule has 104 valence electrons. The second-order valence-electron chi connectivity index (χ2n) is 4.01. The number of rotatable bonds is 5. The van der Waals surface area contributed by atoms with Gasteiger partial charge < -0.3 is 16.4 Å². The molecule has 1 aromatic heterocycles. The lowest BCUT2D eigenvalue weighted by Gasteiger charge is -2.09. The Kier molecular flexibility index (Phi) is 3.94. The number of primary amides is 1. The minimum absolute atomic E-state index is 0.0404. The zero-order chi connectivity index (χ0) is 14.5. The number of nitrogens with two attached hydrogens (primary N) is 1. The van der Waals surface area contributed by atoms with E-state index in [9.17, 15) is 14.9 Å². The molecule has 8 heteroatoms. The molecule has 0 aliphatic rings. The van der Waals surface area contributed by atoms with Crippen molar-refractivity contribution >= 4 is 28.3 Å². The van der Waals surface area contributed by atoms with Gasteiger partial charge in [0.2, 0.25) is 0 Å². The van der Waals surface area contributed by atoms with Gasteiger partial charge in [-0.3, -0.25) is 10.1 Å². The summed E-state index contributed by atoms with van der Waals surface area (Å²) in [5.74, 6) is 0. The molecule has 2 rings (SSSR count). The highest BCUT2D eigenvalue weighted by Crippen LogP contribution is 2.29. The van der Waals surface area contributed by atoms with Crippen LogP contribution in [0, 0.1) is 10.1 Å². The van der Waals surface area contributed by atoms with Crippen molar-refractivity contribution in [3.8, 4) is 0 Å². The summed E-state index contributed by atoms with van der Waals surface area (Å²) in [6.45, 7) is 0.804. The van der Waals surface area contributed by atoms with Crippen molar-refractivity contribution in [1.82, 2.24) is 10.3 Å². The zero-order valence-electron chi connectivity index (χ0n) is 10.5. The van der Waals surface area contributed by atoms with E-state index < -0.39 is 11.0 Å². The number of nitro benzene ring substituents is 1. The Morgan fingerprint density at radius 3 is 2.85 bits per heavy atom. The Morgan fingerprint density at radius 2 is 2.15 bits per heavy atom. The van der Waals surface area contributed by atoms with E-state index >= 15 is 0 Å². The number of nitrogens with zero attached hydrogens (tertiary/aromatic N) is 2. The highest BCUT2D eigenvalue weighted by Gasteiger charge is 2.14. The fraction of sp³-hybridized carbons (Fsp3) is 0.167. The molecule has 1 aromatic carbocycles.